The van der Waals surface area contributed by atoms with Crippen LogP contribution in [0.25, 0.3) is 11.4 Å². The molecule has 3 aromatic rings. The first-order chi connectivity index (χ1) is 12.7. The summed E-state index contributed by atoms with van der Waals surface area (Å²) in [5, 5.41) is 6.94. The molecular formula is C22H25N3O2. The number of amides is 1. The molecule has 0 bridgehead atoms. The Bertz CT molecular complexity index is 919. The second-order valence-corrected chi connectivity index (χ2v) is 7.84. The van der Waals surface area contributed by atoms with Gasteiger partial charge in [0.2, 0.25) is 11.7 Å². The van der Waals surface area contributed by atoms with E-state index in [0.29, 0.717) is 17.3 Å². The topological polar surface area (TPSA) is 68.0 Å². The zero-order valence-corrected chi connectivity index (χ0v) is 16.4. The molecule has 1 amide bonds. The molecule has 1 unspecified atom stereocenters. The van der Waals surface area contributed by atoms with Crippen LogP contribution in [0.15, 0.2) is 53.1 Å². The molecular weight excluding hydrogens is 338 g/mol. The van der Waals surface area contributed by atoms with Gasteiger partial charge in [-0.3, -0.25) is 4.79 Å². The van der Waals surface area contributed by atoms with Crippen LogP contribution >= 0.6 is 0 Å². The molecule has 0 aliphatic rings. The number of carbonyl (C=O) groups is 1. The number of hydrogen-bond donors (Lipinski definition) is 1. The Morgan fingerprint density at radius 1 is 1.04 bits per heavy atom. The predicted octanol–water partition coefficient (Wildman–Crippen LogP) is 4.83. The molecule has 1 heterocycles. The average molecular weight is 363 g/mol. The van der Waals surface area contributed by atoms with Crippen molar-refractivity contribution in [3.05, 3.63) is 71.1 Å². The average Bonchev–Trinajstić information content (AvgIpc) is 3.12. The summed E-state index contributed by atoms with van der Waals surface area (Å²) in [7, 11) is 0. The van der Waals surface area contributed by atoms with E-state index in [9.17, 15) is 4.79 Å². The fraction of sp³-hybridized carbons (Fsp3) is 0.318. The van der Waals surface area contributed by atoms with Crippen LogP contribution in [0.5, 0.6) is 0 Å². The van der Waals surface area contributed by atoms with E-state index in [4.69, 9.17) is 4.52 Å². The Labute approximate surface area is 159 Å². The SMILES string of the molecule is Cc1ccc(C(=O)NC(C)c2nc(-c3ccc(C(C)(C)C)cc3)no2)cc1. The summed E-state index contributed by atoms with van der Waals surface area (Å²) in [4.78, 5) is 16.8. The summed E-state index contributed by atoms with van der Waals surface area (Å²) in [6, 6.07) is 15.2. The maximum absolute atomic E-state index is 12.3. The predicted molar refractivity (Wildman–Crippen MR) is 105 cm³/mol. The number of aryl methyl sites for hydroxylation is 1. The summed E-state index contributed by atoms with van der Waals surface area (Å²) in [5.41, 5.74) is 3.93. The summed E-state index contributed by atoms with van der Waals surface area (Å²) in [6.45, 7) is 10.3. The van der Waals surface area contributed by atoms with Crippen LogP contribution in [0.3, 0.4) is 0 Å². The molecule has 0 spiro atoms. The molecule has 1 N–H and O–H groups in total. The van der Waals surface area contributed by atoms with E-state index < -0.39 is 0 Å². The number of hydrogen-bond acceptors (Lipinski definition) is 4. The fourth-order valence-corrected chi connectivity index (χ4v) is 2.69. The summed E-state index contributed by atoms with van der Waals surface area (Å²) in [5.74, 6) is 0.726. The van der Waals surface area contributed by atoms with Crippen LogP contribution in [0, 0.1) is 6.92 Å². The highest BCUT2D eigenvalue weighted by Gasteiger charge is 2.19. The molecule has 27 heavy (non-hydrogen) atoms. The van der Waals surface area contributed by atoms with Gasteiger partial charge < -0.3 is 9.84 Å². The molecule has 1 atom stereocenters. The van der Waals surface area contributed by atoms with E-state index >= 15 is 0 Å². The van der Waals surface area contributed by atoms with Gasteiger partial charge in [-0.1, -0.05) is 67.9 Å². The van der Waals surface area contributed by atoms with Crippen molar-refractivity contribution in [1.29, 1.82) is 0 Å². The normalized spacial score (nSPS) is 12.6. The second-order valence-electron chi connectivity index (χ2n) is 7.84. The van der Waals surface area contributed by atoms with Gasteiger partial charge in [-0.25, -0.2) is 0 Å². The van der Waals surface area contributed by atoms with Gasteiger partial charge in [0.15, 0.2) is 0 Å². The van der Waals surface area contributed by atoms with Crippen LogP contribution < -0.4 is 5.32 Å². The first-order valence-electron chi connectivity index (χ1n) is 9.06. The van der Waals surface area contributed by atoms with Crippen molar-refractivity contribution in [2.45, 2.75) is 46.1 Å². The minimum atomic E-state index is -0.381. The van der Waals surface area contributed by atoms with Crippen molar-refractivity contribution in [3.63, 3.8) is 0 Å². The quantitative estimate of drug-likeness (QED) is 0.720. The van der Waals surface area contributed by atoms with Gasteiger partial charge in [-0.2, -0.15) is 4.98 Å². The number of benzene rings is 2. The number of carbonyl (C=O) groups excluding carboxylic acids is 1. The van der Waals surface area contributed by atoms with Gasteiger partial charge >= 0.3 is 0 Å². The highest BCUT2D eigenvalue weighted by molar-refractivity contribution is 5.94. The van der Waals surface area contributed by atoms with Crippen molar-refractivity contribution in [2.75, 3.05) is 0 Å². The van der Waals surface area contributed by atoms with Crippen LogP contribution in [0.1, 0.15) is 61.1 Å². The maximum Gasteiger partial charge on any atom is 0.251 e. The molecule has 0 saturated carbocycles. The fourth-order valence-electron chi connectivity index (χ4n) is 2.69. The molecule has 140 valence electrons. The van der Waals surface area contributed by atoms with Gasteiger partial charge in [0, 0.05) is 11.1 Å². The molecule has 2 aromatic carbocycles. The second kappa shape index (κ2) is 7.35. The van der Waals surface area contributed by atoms with E-state index in [1.165, 1.54) is 5.56 Å². The standard InChI is InChI=1S/C22H25N3O2/c1-14-6-8-17(9-7-14)20(26)23-15(2)21-24-19(25-27-21)16-10-12-18(13-11-16)22(3,4)5/h6-13,15H,1-5H3,(H,23,26). The first kappa shape index (κ1) is 18.8. The van der Waals surface area contributed by atoms with Gasteiger partial charge in [0.1, 0.15) is 6.04 Å². The third-order valence-electron chi connectivity index (χ3n) is 4.48. The highest BCUT2D eigenvalue weighted by Crippen LogP contribution is 2.25. The lowest BCUT2D eigenvalue weighted by atomic mass is 9.87. The molecule has 5 nitrogen and oxygen atoms in total. The number of aromatic nitrogens is 2. The molecule has 1 aromatic heterocycles. The van der Waals surface area contributed by atoms with Gasteiger partial charge in [0.05, 0.1) is 0 Å². The molecule has 3 rings (SSSR count). The van der Waals surface area contributed by atoms with Crippen molar-refractivity contribution < 1.29 is 9.32 Å². The number of nitrogens with one attached hydrogen (secondary N) is 1. The maximum atomic E-state index is 12.3. The van der Waals surface area contributed by atoms with Crippen LogP contribution in [0.4, 0.5) is 0 Å². The molecule has 0 aliphatic carbocycles. The molecule has 0 saturated heterocycles. The lowest BCUT2D eigenvalue weighted by Crippen LogP contribution is -2.26. The van der Waals surface area contributed by atoms with E-state index in [0.717, 1.165) is 11.1 Å². The lowest BCUT2D eigenvalue weighted by Gasteiger charge is -2.18. The zero-order valence-electron chi connectivity index (χ0n) is 16.4. The zero-order chi connectivity index (χ0) is 19.6. The Hall–Kier alpha value is -2.95. The van der Waals surface area contributed by atoms with Crippen LogP contribution in [0.2, 0.25) is 0 Å². The minimum absolute atomic E-state index is 0.0930. The Morgan fingerprint density at radius 3 is 2.26 bits per heavy atom. The largest absolute Gasteiger partial charge is 0.341 e. The van der Waals surface area contributed by atoms with E-state index in [2.05, 4.69) is 48.4 Å². The summed E-state index contributed by atoms with van der Waals surface area (Å²) >= 11 is 0. The smallest absolute Gasteiger partial charge is 0.251 e. The minimum Gasteiger partial charge on any atom is -0.341 e. The van der Waals surface area contributed by atoms with E-state index in [-0.39, 0.29) is 17.4 Å². The van der Waals surface area contributed by atoms with Crippen molar-refractivity contribution in [3.8, 4) is 11.4 Å². The summed E-state index contributed by atoms with van der Waals surface area (Å²) < 4.78 is 5.36. The van der Waals surface area contributed by atoms with Crippen LogP contribution in [-0.2, 0) is 5.41 Å². The molecule has 0 radical (unpaired) electrons. The van der Waals surface area contributed by atoms with E-state index in [1.54, 1.807) is 12.1 Å². The molecule has 5 heteroatoms. The van der Waals surface area contributed by atoms with Crippen molar-refractivity contribution in [2.24, 2.45) is 0 Å². The molecule has 0 fully saturated rings. The Balaban J connectivity index is 1.71. The van der Waals surface area contributed by atoms with Gasteiger partial charge in [-0.15, -0.1) is 0 Å². The number of nitrogens with zero attached hydrogens (tertiary/aromatic N) is 2. The van der Waals surface area contributed by atoms with Gasteiger partial charge in [0.25, 0.3) is 5.91 Å². The molecule has 0 aliphatic heterocycles. The third kappa shape index (κ3) is 4.42. The van der Waals surface area contributed by atoms with Crippen molar-refractivity contribution in [1.82, 2.24) is 15.5 Å². The van der Waals surface area contributed by atoms with Crippen molar-refractivity contribution >= 4 is 5.91 Å². The van der Waals surface area contributed by atoms with Crippen LogP contribution in [-0.4, -0.2) is 16.0 Å². The van der Waals surface area contributed by atoms with Gasteiger partial charge in [-0.05, 0) is 37.0 Å². The first-order valence-corrected chi connectivity index (χ1v) is 9.06. The van der Waals surface area contributed by atoms with E-state index in [1.807, 2.05) is 38.1 Å². The highest BCUT2D eigenvalue weighted by atomic mass is 16.5. The monoisotopic (exact) mass is 363 g/mol. The number of rotatable bonds is 4. The third-order valence-corrected chi connectivity index (χ3v) is 4.48. The lowest BCUT2D eigenvalue weighted by molar-refractivity contribution is 0.0932. The summed E-state index contributed by atoms with van der Waals surface area (Å²) in [6.07, 6.45) is 0. The Kier molecular flexibility index (Phi) is 5.13. The Morgan fingerprint density at radius 2 is 1.67 bits per heavy atom.